The van der Waals surface area contributed by atoms with Gasteiger partial charge in [0.05, 0.1) is 11.7 Å². The zero-order chi connectivity index (χ0) is 15.7. The molecule has 2 aromatic heterocycles. The molecule has 9 heteroatoms. The third-order valence-electron chi connectivity index (χ3n) is 3.57. The lowest BCUT2D eigenvalue weighted by atomic mass is 10.3. The highest BCUT2D eigenvalue weighted by molar-refractivity contribution is 5.88. The van der Waals surface area contributed by atoms with Gasteiger partial charge in [0, 0.05) is 13.0 Å². The van der Waals surface area contributed by atoms with E-state index in [1.807, 2.05) is 6.07 Å². The summed E-state index contributed by atoms with van der Waals surface area (Å²) in [5, 5.41) is 19.6. The molecule has 1 aliphatic rings. The summed E-state index contributed by atoms with van der Waals surface area (Å²) < 4.78 is 1.34. The molecular weight excluding hydrogens is 286 g/mol. The Labute approximate surface area is 126 Å². The van der Waals surface area contributed by atoms with Gasteiger partial charge in [0.25, 0.3) is 0 Å². The van der Waals surface area contributed by atoms with Gasteiger partial charge in [-0.15, -0.1) is 5.10 Å². The molecule has 1 atom stereocenters. The van der Waals surface area contributed by atoms with Gasteiger partial charge in [-0.3, -0.25) is 9.88 Å². The summed E-state index contributed by atoms with van der Waals surface area (Å²) in [7, 11) is 1.58. The van der Waals surface area contributed by atoms with Crippen LogP contribution in [0.2, 0.25) is 0 Å². The van der Waals surface area contributed by atoms with Crippen molar-refractivity contribution in [3.63, 3.8) is 0 Å². The van der Waals surface area contributed by atoms with Gasteiger partial charge >= 0.3 is 11.7 Å². The molecule has 3 N–H and O–H groups in total. The maximum absolute atomic E-state index is 11.9. The van der Waals surface area contributed by atoms with Gasteiger partial charge in [-0.05, 0) is 31.9 Å². The second kappa shape index (κ2) is 5.58. The number of carbonyl (C=O) groups is 1. The predicted octanol–water partition coefficient (Wildman–Crippen LogP) is 0.658. The van der Waals surface area contributed by atoms with E-state index in [0.717, 1.165) is 18.5 Å². The van der Waals surface area contributed by atoms with Gasteiger partial charge in [0.15, 0.2) is 11.6 Å². The van der Waals surface area contributed by atoms with E-state index >= 15 is 0 Å². The lowest BCUT2D eigenvalue weighted by Crippen LogP contribution is -2.33. The number of carbonyl (C=O) groups excluding carboxylic acids is 1. The zero-order valence-corrected chi connectivity index (χ0v) is 12.3. The van der Waals surface area contributed by atoms with E-state index in [9.17, 15) is 9.59 Å². The van der Waals surface area contributed by atoms with Gasteiger partial charge in [-0.25, -0.2) is 14.7 Å². The Morgan fingerprint density at radius 3 is 2.73 bits per heavy atom. The summed E-state index contributed by atoms with van der Waals surface area (Å²) in [6.07, 6.45) is 2.31. The molecule has 2 aromatic rings. The summed E-state index contributed by atoms with van der Waals surface area (Å²) in [6.45, 7) is 1.73. The van der Waals surface area contributed by atoms with Gasteiger partial charge in [0.1, 0.15) is 0 Å². The first-order chi connectivity index (χ1) is 10.5. The van der Waals surface area contributed by atoms with Crippen LogP contribution in [0.5, 0.6) is 0 Å². The molecule has 0 radical (unpaired) electrons. The van der Waals surface area contributed by atoms with Crippen molar-refractivity contribution in [3.8, 4) is 0 Å². The summed E-state index contributed by atoms with van der Waals surface area (Å²) in [5.41, 5.74) is 0.636. The topological polar surface area (TPSA) is 118 Å². The minimum absolute atomic E-state index is 0.328. The number of amides is 2. The van der Waals surface area contributed by atoms with Crippen molar-refractivity contribution >= 4 is 11.8 Å². The highest BCUT2D eigenvalue weighted by atomic mass is 16.2. The third-order valence-corrected chi connectivity index (χ3v) is 3.57. The monoisotopic (exact) mass is 303 g/mol. The molecule has 22 heavy (non-hydrogen) atoms. The number of H-pyrrole nitrogens is 1. The molecule has 0 saturated heterocycles. The van der Waals surface area contributed by atoms with Crippen LogP contribution >= 0.6 is 0 Å². The standard InChI is InChI=1S/C13H17N7O2/c1-7(11-18-19-13(22)20(11)2)14-12(21)15-10-6-5-9(16-17-10)8-3-4-8/h5-8H,3-4H2,1-2H3,(H,19,22)(H2,14,15,17,21). The largest absolute Gasteiger partial charge is 0.343 e. The Morgan fingerprint density at radius 1 is 1.41 bits per heavy atom. The Morgan fingerprint density at radius 2 is 2.18 bits per heavy atom. The van der Waals surface area contributed by atoms with Gasteiger partial charge < -0.3 is 5.32 Å². The molecule has 0 aromatic carbocycles. The molecule has 1 fully saturated rings. The van der Waals surface area contributed by atoms with Crippen LogP contribution in [0.1, 0.15) is 43.2 Å². The highest BCUT2D eigenvalue weighted by Gasteiger charge is 2.25. The minimum Gasteiger partial charge on any atom is -0.328 e. The average Bonchev–Trinajstić information content (AvgIpc) is 3.27. The van der Waals surface area contributed by atoms with E-state index in [-0.39, 0.29) is 5.69 Å². The molecule has 0 bridgehead atoms. The molecule has 1 unspecified atom stereocenters. The smallest absolute Gasteiger partial charge is 0.328 e. The van der Waals surface area contributed by atoms with Crippen molar-refractivity contribution in [1.29, 1.82) is 0 Å². The Kier molecular flexibility index (Phi) is 3.61. The highest BCUT2D eigenvalue weighted by Crippen LogP contribution is 2.38. The normalized spacial score (nSPS) is 15.4. The first-order valence-electron chi connectivity index (χ1n) is 7.07. The maximum atomic E-state index is 11.9. The van der Waals surface area contributed by atoms with Crippen molar-refractivity contribution in [3.05, 3.63) is 34.1 Å². The molecule has 3 rings (SSSR count). The van der Waals surface area contributed by atoms with Crippen LogP contribution in [-0.4, -0.2) is 31.0 Å². The Balaban J connectivity index is 1.59. The van der Waals surface area contributed by atoms with Crippen molar-refractivity contribution in [1.82, 2.24) is 30.3 Å². The maximum Gasteiger partial charge on any atom is 0.343 e. The third kappa shape index (κ3) is 2.97. The number of hydrogen-bond donors (Lipinski definition) is 3. The van der Waals surface area contributed by atoms with Crippen LogP contribution < -0.4 is 16.3 Å². The van der Waals surface area contributed by atoms with E-state index in [1.54, 1.807) is 20.0 Å². The second-order valence-corrected chi connectivity index (χ2v) is 5.38. The number of rotatable bonds is 4. The number of nitrogens with zero attached hydrogens (tertiary/aromatic N) is 4. The molecule has 2 amide bonds. The van der Waals surface area contributed by atoms with E-state index in [1.165, 1.54) is 4.57 Å². The molecule has 1 aliphatic carbocycles. The van der Waals surface area contributed by atoms with Crippen molar-refractivity contribution in [2.24, 2.45) is 7.05 Å². The fraction of sp³-hybridized carbons (Fsp3) is 0.462. The van der Waals surface area contributed by atoms with Gasteiger partial charge in [-0.1, -0.05) is 0 Å². The van der Waals surface area contributed by atoms with Crippen molar-refractivity contribution in [2.45, 2.75) is 31.7 Å². The first-order valence-corrected chi connectivity index (χ1v) is 7.07. The molecule has 0 aliphatic heterocycles. The fourth-order valence-electron chi connectivity index (χ4n) is 2.17. The van der Waals surface area contributed by atoms with Crippen LogP contribution in [0.4, 0.5) is 10.6 Å². The number of anilines is 1. The number of nitrogens with one attached hydrogen (secondary N) is 3. The van der Waals surface area contributed by atoms with Crippen LogP contribution in [0.3, 0.4) is 0 Å². The first kappa shape index (κ1) is 14.2. The summed E-state index contributed by atoms with van der Waals surface area (Å²) in [6, 6.07) is 2.75. The van der Waals surface area contributed by atoms with Crippen LogP contribution in [0.25, 0.3) is 0 Å². The Hall–Kier alpha value is -2.71. The molecule has 0 spiro atoms. The quantitative estimate of drug-likeness (QED) is 0.767. The van der Waals surface area contributed by atoms with Crippen molar-refractivity contribution in [2.75, 3.05) is 5.32 Å². The molecule has 116 valence electrons. The fourth-order valence-corrected chi connectivity index (χ4v) is 2.17. The van der Waals surface area contributed by atoms with Crippen LogP contribution in [0.15, 0.2) is 16.9 Å². The van der Waals surface area contributed by atoms with E-state index in [0.29, 0.717) is 17.6 Å². The summed E-state index contributed by atoms with van der Waals surface area (Å²) >= 11 is 0. The van der Waals surface area contributed by atoms with Crippen LogP contribution in [-0.2, 0) is 7.05 Å². The molecule has 2 heterocycles. The average molecular weight is 303 g/mol. The van der Waals surface area contributed by atoms with E-state index < -0.39 is 12.1 Å². The van der Waals surface area contributed by atoms with Gasteiger partial charge in [0.2, 0.25) is 0 Å². The van der Waals surface area contributed by atoms with Crippen molar-refractivity contribution < 1.29 is 4.79 Å². The predicted molar refractivity (Wildman–Crippen MR) is 78.4 cm³/mol. The molecular formula is C13H17N7O2. The van der Waals surface area contributed by atoms with E-state index in [2.05, 4.69) is 31.0 Å². The zero-order valence-electron chi connectivity index (χ0n) is 12.3. The SMILES string of the molecule is CC(NC(=O)Nc1ccc(C2CC2)nn1)c1n[nH]c(=O)n1C. The lowest BCUT2D eigenvalue weighted by molar-refractivity contribution is 0.248. The number of aromatic amines is 1. The number of urea groups is 1. The lowest BCUT2D eigenvalue weighted by Gasteiger charge is -2.13. The summed E-state index contributed by atoms with van der Waals surface area (Å²) in [5.74, 6) is 1.34. The minimum atomic E-state index is -0.434. The Bertz CT molecular complexity index is 730. The second-order valence-electron chi connectivity index (χ2n) is 5.38. The van der Waals surface area contributed by atoms with Gasteiger partial charge in [-0.2, -0.15) is 10.2 Å². The summed E-state index contributed by atoms with van der Waals surface area (Å²) in [4.78, 5) is 23.2. The number of aromatic nitrogens is 5. The molecule has 1 saturated carbocycles. The van der Waals surface area contributed by atoms with E-state index in [4.69, 9.17) is 0 Å². The number of hydrogen-bond acceptors (Lipinski definition) is 5. The van der Waals surface area contributed by atoms with Crippen LogP contribution in [0, 0.1) is 0 Å². The molecule has 9 nitrogen and oxygen atoms in total.